The van der Waals surface area contributed by atoms with E-state index in [0.717, 1.165) is 24.8 Å². The van der Waals surface area contributed by atoms with Gasteiger partial charge >= 0.3 is 6.09 Å². The quantitative estimate of drug-likeness (QED) is 0.0457. The Morgan fingerprint density at radius 2 is 1.71 bits per heavy atom. The zero-order valence-electron chi connectivity index (χ0n) is 39.2. The molecule has 1 saturated heterocycles. The fraction of sp³-hybridized carbons (Fsp3) is 0.500. The summed E-state index contributed by atoms with van der Waals surface area (Å²) in [6.45, 7) is 5.89. The van der Waals surface area contributed by atoms with Crippen molar-refractivity contribution < 1.29 is 61.5 Å². The molecule has 7 atom stereocenters. The summed E-state index contributed by atoms with van der Waals surface area (Å²) < 4.78 is 68.0. The van der Waals surface area contributed by atoms with Crippen LogP contribution in [-0.2, 0) is 29.1 Å². The molecule has 3 aromatic carbocycles. The van der Waals surface area contributed by atoms with Crippen molar-refractivity contribution in [2.24, 2.45) is 22.9 Å². The molecular weight excluding hydrogens is 897 g/mol. The van der Waals surface area contributed by atoms with E-state index in [9.17, 15) is 28.2 Å². The van der Waals surface area contributed by atoms with E-state index in [4.69, 9.17) is 38.4 Å². The van der Waals surface area contributed by atoms with Crippen molar-refractivity contribution in [2.75, 3.05) is 58.3 Å². The normalized spacial score (nSPS) is 24.7. The van der Waals surface area contributed by atoms with Crippen molar-refractivity contribution >= 4 is 39.1 Å². The van der Waals surface area contributed by atoms with E-state index in [1.807, 2.05) is 0 Å². The highest BCUT2D eigenvalue weighted by molar-refractivity contribution is 7.89. The van der Waals surface area contributed by atoms with Gasteiger partial charge in [-0.1, -0.05) is 30.1 Å². The predicted molar refractivity (Wildman–Crippen MR) is 255 cm³/mol. The van der Waals surface area contributed by atoms with E-state index in [2.05, 4.69) is 23.3 Å². The molecule has 368 valence electrons. The van der Waals surface area contributed by atoms with Crippen LogP contribution in [0.3, 0.4) is 0 Å². The Labute approximate surface area is 398 Å². The van der Waals surface area contributed by atoms with Gasteiger partial charge in [0.05, 0.1) is 55.7 Å². The maximum atomic E-state index is 14.9. The number of likely N-dealkylation sites (N-methyl/N-ethyl adjacent to an activating group) is 1. The lowest BCUT2D eigenvalue weighted by Gasteiger charge is -2.59. The number of aliphatic hydroxyl groups is 2. The molecular formula is C50H64N4O13S. The van der Waals surface area contributed by atoms with E-state index >= 15 is 0 Å². The van der Waals surface area contributed by atoms with Crippen LogP contribution in [0.5, 0.6) is 23.0 Å². The fourth-order valence-corrected chi connectivity index (χ4v) is 11.4. The summed E-state index contributed by atoms with van der Waals surface area (Å²) in [4.78, 5) is 31.6. The summed E-state index contributed by atoms with van der Waals surface area (Å²) in [5.74, 6) is -1.83. The molecule has 4 N–H and O–H groups in total. The van der Waals surface area contributed by atoms with Crippen molar-refractivity contribution in [2.45, 2.75) is 100 Å². The van der Waals surface area contributed by atoms with Crippen molar-refractivity contribution in [3.63, 3.8) is 0 Å². The summed E-state index contributed by atoms with van der Waals surface area (Å²) >= 11 is 0. The number of hydrogen-bond acceptors (Lipinski definition) is 14. The Morgan fingerprint density at radius 1 is 0.956 bits per heavy atom. The van der Waals surface area contributed by atoms with Gasteiger partial charge in [-0.3, -0.25) is 10.1 Å². The van der Waals surface area contributed by atoms with Gasteiger partial charge in [-0.2, -0.15) is 4.31 Å². The number of allylic oxidation sites excluding steroid dienone is 1. The Bertz CT molecular complexity index is 2420. The molecule has 7 rings (SSSR count). The first-order valence-electron chi connectivity index (χ1n) is 23.3. The minimum absolute atomic E-state index is 0.00313. The number of amides is 2. The molecule has 17 nitrogen and oxygen atoms in total. The first kappa shape index (κ1) is 50.4. The van der Waals surface area contributed by atoms with E-state index in [-0.39, 0.29) is 54.6 Å². The van der Waals surface area contributed by atoms with Gasteiger partial charge < -0.3 is 48.8 Å². The van der Waals surface area contributed by atoms with Crippen molar-refractivity contribution in [3.05, 3.63) is 90.5 Å². The second-order valence-corrected chi connectivity index (χ2v) is 19.5. The number of oxime groups is 1. The molecule has 18 heteroatoms. The number of nitrogens with one attached hydrogen (secondary N) is 2. The number of aliphatic hydroxyl groups excluding tert-OH is 2. The summed E-state index contributed by atoms with van der Waals surface area (Å²) in [6.07, 6.45) is 8.80. The smallest absolute Gasteiger partial charge is 0.417 e. The summed E-state index contributed by atoms with van der Waals surface area (Å²) in [6, 6.07) is 15.0. The summed E-state index contributed by atoms with van der Waals surface area (Å²) in [5.41, 5.74) is 2.79. The lowest BCUT2D eigenvalue weighted by Crippen LogP contribution is -2.69. The number of rotatable bonds is 21. The van der Waals surface area contributed by atoms with Crippen LogP contribution in [0.2, 0.25) is 0 Å². The molecule has 2 heterocycles. The van der Waals surface area contributed by atoms with Gasteiger partial charge in [-0.05, 0) is 111 Å². The van der Waals surface area contributed by atoms with Crippen LogP contribution in [0.15, 0.2) is 95.0 Å². The molecule has 3 aromatic rings. The van der Waals surface area contributed by atoms with Gasteiger partial charge in [0.25, 0.3) is 0 Å². The Kier molecular flexibility index (Phi) is 16.8. The van der Waals surface area contributed by atoms with Gasteiger partial charge in [0.2, 0.25) is 28.0 Å². The van der Waals surface area contributed by atoms with Gasteiger partial charge in [-0.15, -0.1) is 6.58 Å². The molecule has 7 unspecified atom stereocenters. The van der Waals surface area contributed by atoms with E-state index in [1.54, 1.807) is 42.5 Å². The van der Waals surface area contributed by atoms with E-state index in [1.165, 1.54) is 56.8 Å². The topological polar surface area (TPSA) is 213 Å². The first-order chi connectivity index (χ1) is 32.9. The molecule has 2 aliphatic heterocycles. The van der Waals surface area contributed by atoms with Gasteiger partial charge in [0.1, 0.15) is 23.0 Å². The number of methoxy groups -OCH3 is 2. The third-order valence-corrected chi connectivity index (χ3v) is 15.1. The fourth-order valence-electron chi connectivity index (χ4n) is 10.1. The predicted octanol–water partition coefficient (Wildman–Crippen LogP) is 7.75. The number of unbranched alkanes of at least 4 members (excludes halogenated alkanes) is 2. The summed E-state index contributed by atoms with van der Waals surface area (Å²) in [7, 11) is 0.206. The molecule has 0 spiro atoms. The standard InChI is InChI=1S/C50H64N4O13S/c1-6-26-64-50-45(54(3)68(59,60)37-20-16-34(17-21-37)51-32(2)57)31-42(53-67-46-15-9-12-27-63-46)39-28-33(13-7-10-24-55)38(14-8-11-25-56)47(48(39)50)40-29-36(19-23-43(40)66-50)65-49(58)52-41-22-18-35(61-4)30-44(41)62-5/h6,16-23,28-30,33,38,45-48,55-56H,1,7-15,24-27,31H2,2-5H3,(H,51,57)(H,52,58). The number of sulfonamides is 1. The monoisotopic (exact) mass is 960 g/mol. The third-order valence-electron chi connectivity index (χ3n) is 13.2. The van der Waals surface area contributed by atoms with Crippen LogP contribution >= 0.6 is 0 Å². The van der Waals surface area contributed by atoms with E-state index < -0.39 is 46.1 Å². The second kappa shape index (κ2) is 22.7. The molecule has 0 radical (unpaired) electrons. The largest absolute Gasteiger partial charge is 0.497 e. The molecule has 0 bridgehead atoms. The third kappa shape index (κ3) is 11.0. The SMILES string of the molecule is C=CCOC12Oc3ccc(OC(=O)Nc4ccc(OC)cc4OC)cc3C3C(CCCCO)C(CCCCO)C=C(C(=NOC4CCCCO4)CC1N(C)S(=O)(=O)c1ccc(NC(C)=O)cc1)C32. The molecule has 4 aliphatic rings. The maximum Gasteiger partial charge on any atom is 0.417 e. The van der Waals surface area contributed by atoms with Crippen LogP contribution in [0.1, 0.15) is 82.6 Å². The number of hydrogen-bond donors (Lipinski definition) is 4. The molecule has 1 saturated carbocycles. The molecule has 2 aliphatic carbocycles. The summed E-state index contributed by atoms with van der Waals surface area (Å²) in [5, 5.41) is 30.2. The minimum Gasteiger partial charge on any atom is -0.497 e. The van der Waals surface area contributed by atoms with Crippen molar-refractivity contribution in [1.82, 2.24) is 4.31 Å². The number of ether oxygens (including phenoxy) is 6. The van der Waals surface area contributed by atoms with Crippen LogP contribution in [-0.4, -0.2) is 106 Å². The van der Waals surface area contributed by atoms with Crippen LogP contribution in [0, 0.1) is 17.8 Å². The number of carbonyl (C=O) groups is 2. The lowest BCUT2D eigenvalue weighted by molar-refractivity contribution is -0.250. The van der Waals surface area contributed by atoms with Crippen LogP contribution in [0.4, 0.5) is 16.2 Å². The second-order valence-electron chi connectivity index (χ2n) is 17.5. The number of benzene rings is 3. The average molecular weight is 961 g/mol. The highest BCUT2D eigenvalue weighted by Crippen LogP contribution is 2.62. The van der Waals surface area contributed by atoms with Crippen molar-refractivity contribution in [1.29, 1.82) is 0 Å². The molecule has 2 fully saturated rings. The van der Waals surface area contributed by atoms with E-state index in [0.29, 0.717) is 85.0 Å². The number of carbonyl (C=O) groups excluding carboxylic acids is 2. The van der Waals surface area contributed by atoms with Crippen LogP contribution < -0.4 is 29.6 Å². The lowest BCUT2D eigenvalue weighted by atomic mass is 9.55. The van der Waals surface area contributed by atoms with Gasteiger partial charge in [-0.25, -0.2) is 13.2 Å². The highest BCUT2D eigenvalue weighted by Gasteiger charge is 2.65. The van der Waals surface area contributed by atoms with Crippen LogP contribution in [0.25, 0.3) is 0 Å². The molecule has 2 amide bonds. The minimum atomic E-state index is -4.31. The average Bonchev–Trinajstić information content (AvgIpc) is 3.34. The Morgan fingerprint density at radius 3 is 2.38 bits per heavy atom. The van der Waals surface area contributed by atoms with Gasteiger partial charge in [0.15, 0.2) is 0 Å². The number of nitrogens with zero attached hydrogens (tertiary/aromatic N) is 2. The zero-order valence-corrected chi connectivity index (χ0v) is 40.0. The zero-order chi connectivity index (χ0) is 48.4. The Balaban J connectivity index is 1.39. The Hall–Kier alpha value is -5.50. The van der Waals surface area contributed by atoms with Gasteiger partial charge in [0, 0.05) is 63.3 Å². The molecule has 0 aromatic heterocycles. The van der Waals surface area contributed by atoms with Crippen molar-refractivity contribution in [3.8, 4) is 23.0 Å². The maximum absolute atomic E-state index is 14.9. The molecule has 68 heavy (non-hydrogen) atoms. The highest BCUT2D eigenvalue weighted by atomic mass is 32.2. The number of fused-ring (bicyclic) bond motifs is 2. The first-order valence-corrected chi connectivity index (χ1v) is 24.7. The number of anilines is 2.